The number of H-pyrrole nitrogens is 2. The van der Waals surface area contributed by atoms with Crippen molar-refractivity contribution in [2.24, 2.45) is 5.29 Å². The van der Waals surface area contributed by atoms with Gasteiger partial charge in [-0.15, -0.1) is 16.5 Å². The zero-order valence-electron chi connectivity index (χ0n) is 12.9. The van der Waals surface area contributed by atoms with Gasteiger partial charge in [-0.3, -0.25) is 9.78 Å². The van der Waals surface area contributed by atoms with Crippen molar-refractivity contribution >= 4 is 17.6 Å². The van der Waals surface area contributed by atoms with Gasteiger partial charge in [0.05, 0.1) is 11.8 Å². The van der Waals surface area contributed by atoms with Crippen LogP contribution in [0.3, 0.4) is 0 Å². The molecule has 1 heterocycles. The molecule has 1 aliphatic carbocycles. The number of aromatic amines is 2. The second kappa shape index (κ2) is 10.5. The van der Waals surface area contributed by atoms with Crippen molar-refractivity contribution in [1.82, 2.24) is 20.3 Å². The van der Waals surface area contributed by atoms with E-state index >= 15 is 0 Å². The minimum Gasteiger partial charge on any atom is -0.334 e. The van der Waals surface area contributed by atoms with E-state index in [2.05, 4.69) is 10.6 Å². The molecule has 1 aromatic heterocycles. The third kappa shape index (κ3) is 6.90. The molecule has 1 aliphatic rings. The average Bonchev–Trinajstić information content (AvgIpc) is 2.57. The summed E-state index contributed by atoms with van der Waals surface area (Å²) in [6.45, 7) is 0.156. The summed E-state index contributed by atoms with van der Waals surface area (Å²) in [5, 5.41) is 6.25. The van der Waals surface area contributed by atoms with E-state index in [1.807, 2.05) is 4.98 Å². The summed E-state index contributed by atoms with van der Waals surface area (Å²) < 4.78 is 12.0. The largest absolute Gasteiger partial charge is 0.340 e. The maximum Gasteiger partial charge on any atom is 0.340 e. The first-order valence-corrected chi connectivity index (χ1v) is 7.96. The topological polar surface area (TPSA) is 127 Å². The van der Waals surface area contributed by atoms with Gasteiger partial charge in [0.2, 0.25) is 5.82 Å². The number of alkyl halides is 1. The zero-order valence-corrected chi connectivity index (χ0v) is 13.6. The van der Waals surface area contributed by atoms with Gasteiger partial charge in [-0.25, -0.2) is 9.59 Å². The van der Waals surface area contributed by atoms with Crippen LogP contribution in [-0.4, -0.2) is 39.5 Å². The molecule has 9 nitrogen and oxygen atoms in total. The Balaban J connectivity index is 0.000000272. The molecule has 2 amide bonds. The Labute approximate surface area is 141 Å². The van der Waals surface area contributed by atoms with Gasteiger partial charge < -0.3 is 10.3 Å². The Kier molecular flexibility index (Phi) is 8.69. The highest BCUT2D eigenvalue weighted by molar-refractivity contribution is 6.18. The predicted octanol–water partition coefficient (Wildman–Crippen LogP) is 1.45. The summed E-state index contributed by atoms with van der Waals surface area (Å²) in [5.74, 6) is -0.779. The van der Waals surface area contributed by atoms with Crippen LogP contribution >= 0.6 is 11.6 Å². The molecule has 0 radical (unpaired) electrons. The molecule has 1 fully saturated rings. The number of aromatic nitrogens is 2. The van der Waals surface area contributed by atoms with Gasteiger partial charge in [-0.05, 0) is 12.8 Å². The maximum absolute atomic E-state index is 12.0. The summed E-state index contributed by atoms with van der Waals surface area (Å²) in [6, 6.07) is -0.247. The van der Waals surface area contributed by atoms with Crippen LogP contribution in [0.4, 0.5) is 9.18 Å². The van der Waals surface area contributed by atoms with Crippen LogP contribution in [0, 0.1) is 10.7 Å². The lowest BCUT2D eigenvalue weighted by Gasteiger charge is -2.24. The maximum atomic E-state index is 12.0. The molecule has 0 spiro atoms. The van der Waals surface area contributed by atoms with Crippen LogP contribution in [0.1, 0.15) is 32.1 Å². The lowest BCUT2D eigenvalue weighted by Crippen LogP contribution is -2.43. The molecule has 11 heteroatoms. The monoisotopic (exact) mass is 363 g/mol. The van der Waals surface area contributed by atoms with Gasteiger partial charge in [0.25, 0.3) is 5.56 Å². The molecule has 0 aliphatic heterocycles. The molecule has 134 valence electrons. The number of nitrogens with one attached hydrogen (secondary N) is 3. The van der Waals surface area contributed by atoms with E-state index in [0.717, 1.165) is 30.7 Å². The van der Waals surface area contributed by atoms with Crippen LogP contribution in [0.5, 0.6) is 0 Å². The van der Waals surface area contributed by atoms with E-state index in [1.54, 1.807) is 4.98 Å². The smallest absolute Gasteiger partial charge is 0.334 e. The van der Waals surface area contributed by atoms with Crippen molar-refractivity contribution in [3.05, 3.63) is 37.8 Å². The molecule has 1 saturated carbocycles. The number of hydrogen-bond donors (Lipinski definition) is 3. The first-order valence-electron chi connectivity index (χ1n) is 7.42. The number of carbonyl (C=O) groups excluding carboxylic acids is 1. The van der Waals surface area contributed by atoms with Crippen molar-refractivity contribution < 1.29 is 9.18 Å². The Morgan fingerprint density at radius 1 is 1.38 bits per heavy atom. The Bertz CT molecular complexity index is 644. The first kappa shape index (κ1) is 19.8. The van der Waals surface area contributed by atoms with E-state index in [-0.39, 0.29) is 18.5 Å². The van der Waals surface area contributed by atoms with Crippen molar-refractivity contribution in [2.45, 2.75) is 38.1 Å². The predicted molar refractivity (Wildman–Crippen MR) is 86.3 cm³/mol. The number of nitroso groups, excluding NO2 is 1. The number of carbonyl (C=O) groups is 1. The van der Waals surface area contributed by atoms with Gasteiger partial charge >= 0.3 is 11.7 Å². The highest BCUT2D eigenvalue weighted by Gasteiger charge is 2.19. The third-order valence-electron chi connectivity index (χ3n) is 3.34. The molecule has 0 aromatic carbocycles. The fraction of sp³-hybridized carbons (Fsp3) is 0.615. The van der Waals surface area contributed by atoms with E-state index < -0.39 is 23.1 Å². The molecule has 0 unspecified atom stereocenters. The van der Waals surface area contributed by atoms with Crippen molar-refractivity contribution in [3.8, 4) is 0 Å². The lowest BCUT2D eigenvalue weighted by atomic mass is 9.96. The van der Waals surface area contributed by atoms with Crippen molar-refractivity contribution in [2.75, 3.05) is 12.4 Å². The van der Waals surface area contributed by atoms with Gasteiger partial charge in [-0.1, -0.05) is 19.3 Å². The Morgan fingerprint density at radius 3 is 2.54 bits per heavy atom. The summed E-state index contributed by atoms with van der Waals surface area (Å²) in [7, 11) is 0. The van der Waals surface area contributed by atoms with Crippen molar-refractivity contribution in [1.29, 1.82) is 0 Å². The van der Waals surface area contributed by atoms with Crippen LogP contribution < -0.4 is 16.6 Å². The molecular weight excluding hydrogens is 345 g/mol. The summed E-state index contributed by atoms with van der Waals surface area (Å²) in [5.41, 5.74) is -1.71. The molecule has 0 atom stereocenters. The Hall–Kier alpha value is -2.23. The molecular formula is C13H19ClFN5O4. The van der Waals surface area contributed by atoms with E-state index in [1.165, 1.54) is 6.42 Å². The second-order valence-electron chi connectivity index (χ2n) is 5.10. The van der Waals surface area contributed by atoms with Crippen LogP contribution in [0.25, 0.3) is 0 Å². The third-order valence-corrected chi connectivity index (χ3v) is 3.51. The number of amides is 2. The molecule has 1 aromatic rings. The highest BCUT2D eigenvalue weighted by atomic mass is 35.5. The molecule has 2 rings (SSSR count). The van der Waals surface area contributed by atoms with Crippen LogP contribution in [-0.2, 0) is 0 Å². The minimum absolute atomic E-state index is 0.156. The van der Waals surface area contributed by atoms with Gasteiger partial charge in [0, 0.05) is 18.1 Å². The fourth-order valence-electron chi connectivity index (χ4n) is 2.15. The van der Waals surface area contributed by atoms with Crippen molar-refractivity contribution in [3.63, 3.8) is 0 Å². The number of halogens is 2. The molecule has 0 bridgehead atoms. The molecule has 0 saturated heterocycles. The standard InChI is InChI=1S/C9H16ClN3O2.C4H3FN2O2/c10-6-7-13(12-15)9(14)11-8-4-2-1-3-5-8;5-2-1-6-4(9)7-3(2)8/h8H,1-7H2,(H,11,14);1H,(H2,6,7,8,9). The second-order valence-corrected chi connectivity index (χ2v) is 5.48. The Morgan fingerprint density at radius 2 is 2.04 bits per heavy atom. The lowest BCUT2D eigenvalue weighted by molar-refractivity contribution is 0.194. The number of rotatable bonds is 4. The van der Waals surface area contributed by atoms with Crippen LogP contribution in [0.15, 0.2) is 21.1 Å². The van der Waals surface area contributed by atoms with Gasteiger partial charge in [0.15, 0.2) is 0 Å². The quantitative estimate of drug-likeness (QED) is 0.425. The zero-order chi connectivity index (χ0) is 17.9. The first-order chi connectivity index (χ1) is 11.5. The minimum atomic E-state index is -1.00. The summed E-state index contributed by atoms with van der Waals surface area (Å²) in [4.78, 5) is 45.8. The van der Waals surface area contributed by atoms with Crippen LogP contribution in [0.2, 0.25) is 0 Å². The van der Waals surface area contributed by atoms with E-state index in [0.29, 0.717) is 6.20 Å². The number of urea groups is 1. The average molecular weight is 364 g/mol. The summed E-state index contributed by atoms with van der Waals surface area (Å²) >= 11 is 5.44. The van der Waals surface area contributed by atoms with E-state index in [9.17, 15) is 23.7 Å². The fourth-order valence-corrected chi connectivity index (χ4v) is 2.31. The molecule has 24 heavy (non-hydrogen) atoms. The number of nitrogens with zero attached hydrogens (tertiary/aromatic N) is 2. The van der Waals surface area contributed by atoms with E-state index in [4.69, 9.17) is 11.6 Å². The normalized spacial score (nSPS) is 14.2. The van der Waals surface area contributed by atoms with Gasteiger partial charge in [0.1, 0.15) is 0 Å². The molecule has 3 N–H and O–H groups in total. The summed E-state index contributed by atoms with van der Waals surface area (Å²) in [6.07, 6.45) is 6.17. The van der Waals surface area contributed by atoms with Gasteiger partial charge in [-0.2, -0.15) is 9.40 Å². The number of hydrogen-bond acceptors (Lipinski definition) is 5. The highest BCUT2D eigenvalue weighted by Crippen LogP contribution is 2.17. The SMILES string of the molecule is O=NN(CCCl)C(=O)NC1CCCCC1.O=c1[nH]cc(F)c(=O)[nH]1.